The molecule has 0 radical (unpaired) electrons. The molecule has 1 aliphatic rings. The van der Waals surface area contributed by atoms with Crippen LogP contribution in [0.15, 0.2) is 54.6 Å². The molecular weight excluding hydrogens is 527 g/mol. The molecule has 0 aliphatic carbocycles. The molecular formula is C29H37Cl3N4O. The second kappa shape index (κ2) is 14.1. The van der Waals surface area contributed by atoms with Crippen molar-refractivity contribution in [3.05, 3.63) is 75.9 Å². The first-order valence-electron chi connectivity index (χ1n) is 12.9. The van der Waals surface area contributed by atoms with Crippen LogP contribution in [0.3, 0.4) is 0 Å². The molecule has 2 heterocycles. The average molecular weight is 564 g/mol. The standard InChI is InChI=1S/C29H36Cl2N4O.ClH/c1-3-4-16-35-22(2)24(21-27(35)23-10-6-5-7-11-23)29(36)32-14-9-15-33-17-19-34(20-18-33)26-13-8-12-25(30)28(26)31;/h5-8,10-13,21H,3-4,9,14-20H2,1-2H3,(H,32,36);1H. The van der Waals surface area contributed by atoms with Crippen molar-refractivity contribution in [3.63, 3.8) is 0 Å². The summed E-state index contributed by atoms with van der Waals surface area (Å²) in [6, 6.07) is 18.2. The molecule has 0 spiro atoms. The Kier molecular flexibility index (Phi) is 11.2. The number of hydrogen-bond acceptors (Lipinski definition) is 3. The third-order valence-corrected chi connectivity index (χ3v) is 7.81. The maximum Gasteiger partial charge on any atom is 0.253 e. The molecule has 1 aromatic heterocycles. The van der Waals surface area contributed by atoms with Gasteiger partial charge in [0.15, 0.2) is 0 Å². The maximum absolute atomic E-state index is 13.1. The van der Waals surface area contributed by atoms with Gasteiger partial charge in [0.2, 0.25) is 0 Å². The molecule has 0 saturated carbocycles. The third kappa shape index (κ3) is 7.23. The number of benzene rings is 2. The van der Waals surface area contributed by atoms with Gasteiger partial charge in [0.25, 0.3) is 5.91 Å². The minimum Gasteiger partial charge on any atom is -0.368 e. The molecule has 1 saturated heterocycles. The summed E-state index contributed by atoms with van der Waals surface area (Å²) in [6.45, 7) is 10.6. The van der Waals surface area contributed by atoms with Crippen molar-refractivity contribution in [3.8, 4) is 11.3 Å². The Balaban J connectivity index is 0.00000380. The van der Waals surface area contributed by atoms with Gasteiger partial charge in [-0.2, -0.15) is 0 Å². The van der Waals surface area contributed by atoms with Crippen molar-refractivity contribution in [1.82, 2.24) is 14.8 Å². The van der Waals surface area contributed by atoms with E-state index in [0.29, 0.717) is 16.6 Å². The van der Waals surface area contributed by atoms with Crippen LogP contribution in [0.1, 0.15) is 42.2 Å². The van der Waals surface area contributed by atoms with E-state index in [1.165, 1.54) is 0 Å². The van der Waals surface area contributed by atoms with Gasteiger partial charge in [0.05, 0.1) is 21.3 Å². The monoisotopic (exact) mass is 562 g/mol. The van der Waals surface area contributed by atoms with Crippen LogP contribution in [0.5, 0.6) is 0 Å². The normalized spacial score (nSPS) is 13.9. The van der Waals surface area contributed by atoms with Crippen LogP contribution in [0.4, 0.5) is 5.69 Å². The molecule has 1 aliphatic heterocycles. The molecule has 2 aromatic carbocycles. The molecule has 0 atom stereocenters. The van der Waals surface area contributed by atoms with Gasteiger partial charge in [-0.1, -0.05) is 72.9 Å². The second-order valence-corrected chi connectivity index (χ2v) is 10.2. The lowest BCUT2D eigenvalue weighted by Gasteiger charge is -2.36. The number of nitrogens with zero attached hydrogens (tertiary/aromatic N) is 3. The molecule has 4 rings (SSSR count). The first-order chi connectivity index (χ1) is 17.5. The van der Waals surface area contributed by atoms with E-state index < -0.39 is 0 Å². The molecule has 37 heavy (non-hydrogen) atoms. The topological polar surface area (TPSA) is 40.5 Å². The lowest BCUT2D eigenvalue weighted by atomic mass is 10.1. The van der Waals surface area contributed by atoms with E-state index in [2.05, 4.69) is 51.7 Å². The van der Waals surface area contributed by atoms with Crippen LogP contribution in [0.2, 0.25) is 10.0 Å². The van der Waals surface area contributed by atoms with Crippen LogP contribution in [-0.2, 0) is 6.54 Å². The highest BCUT2D eigenvalue weighted by Crippen LogP contribution is 2.33. The fraction of sp³-hybridized carbons (Fsp3) is 0.414. The summed E-state index contributed by atoms with van der Waals surface area (Å²) in [5.41, 5.74) is 5.08. The maximum atomic E-state index is 13.1. The van der Waals surface area contributed by atoms with Crippen molar-refractivity contribution in [2.45, 2.75) is 39.7 Å². The highest BCUT2D eigenvalue weighted by Gasteiger charge is 2.20. The van der Waals surface area contributed by atoms with Gasteiger partial charge in [-0.3, -0.25) is 9.69 Å². The number of piperazine rings is 1. The summed E-state index contributed by atoms with van der Waals surface area (Å²) >= 11 is 12.6. The number of hydrogen-bond donors (Lipinski definition) is 1. The quantitative estimate of drug-likeness (QED) is 0.272. The summed E-state index contributed by atoms with van der Waals surface area (Å²) in [5, 5.41) is 4.38. The first kappa shape index (κ1) is 29.4. The smallest absolute Gasteiger partial charge is 0.253 e. The van der Waals surface area contributed by atoms with Gasteiger partial charge in [0.1, 0.15) is 0 Å². The van der Waals surface area contributed by atoms with Crippen LogP contribution in [-0.4, -0.2) is 54.6 Å². The Bertz CT molecular complexity index is 1160. The Morgan fingerprint density at radius 2 is 1.68 bits per heavy atom. The van der Waals surface area contributed by atoms with E-state index in [4.69, 9.17) is 23.2 Å². The zero-order chi connectivity index (χ0) is 25.5. The number of amides is 1. The van der Waals surface area contributed by atoms with Crippen LogP contribution in [0, 0.1) is 6.92 Å². The minimum absolute atomic E-state index is 0. The van der Waals surface area contributed by atoms with Crippen molar-refractivity contribution < 1.29 is 4.79 Å². The zero-order valence-corrected chi connectivity index (χ0v) is 24.0. The average Bonchev–Trinajstić information content (AvgIpc) is 3.23. The Morgan fingerprint density at radius 3 is 2.38 bits per heavy atom. The minimum atomic E-state index is 0. The number of aromatic nitrogens is 1. The van der Waals surface area contributed by atoms with E-state index in [9.17, 15) is 4.79 Å². The summed E-state index contributed by atoms with van der Waals surface area (Å²) in [5.74, 6) is 0.0142. The number of carbonyl (C=O) groups is 1. The zero-order valence-electron chi connectivity index (χ0n) is 21.7. The molecule has 1 fully saturated rings. The third-order valence-electron chi connectivity index (χ3n) is 7.00. The summed E-state index contributed by atoms with van der Waals surface area (Å²) in [6.07, 6.45) is 3.13. The Labute approximate surface area is 237 Å². The van der Waals surface area contributed by atoms with Crippen molar-refractivity contribution in [2.75, 3.05) is 44.2 Å². The van der Waals surface area contributed by atoms with Crippen molar-refractivity contribution in [1.29, 1.82) is 0 Å². The number of anilines is 1. The summed E-state index contributed by atoms with van der Waals surface area (Å²) in [4.78, 5) is 17.8. The molecule has 200 valence electrons. The van der Waals surface area contributed by atoms with Gasteiger partial charge in [0, 0.05) is 50.7 Å². The van der Waals surface area contributed by atoms with Gasteiger partial charge >= 0.3 is 0 Å². The molecule has 5 nitrogen and oxygen atoms in total. The summed E-state index contributed by atoms with van der Waals surface area (Å²) in [7, 11) is 0. The van der Waals surface area contributed by atoms with E-state index in [-0.39, 0.29) is 18.3 Å². The lowest BCUT2D eigenvalue weighted by Crippen LogP contribution is -2.47. The fourth-order valence-electron chi connectivity index (χ4n) is 4.88. The van der Waals surface area contributed by atoms with Crippen LogP contribution >= 0.6 is 35.6 Å². The number of carbonyl (C=O) groups excluding carboxylic acids is 1. The van der Waals surface area contributed by atoms with E-state index in [0.717, 1.165) is 86.7 Å². The first-order valence-corrected chi connectivity index (χ1v) is 13.7. The van der Waals surface area contributed by atoms with E-state index >= 15 is 0 Å². The largest absolute Gasteiger partial charge is 0.368 e. The Morgan fingerprint density at radius 1 is 0.946 bits per heavy atom. The molecule has 3 aromatic rings. The van der Waals surface area contributed by atoms with Gasteiger partial charge in [-0.05, 0) is 50.1 Å². The highest BCUT2D eigenvalue weighted by molar-refractivity contribution is 6.43. The predicted molar refractivity (Wildman–Crippen MR) is 159 cm³/mol. The molecule has 0 unspecified atom stereocenters. The summed E-state index contributed by atoms with van der Waals surface area (Å²) < 4.78 is 2.29. The fourth-order valence-corrected chi connectivity index (χ4v) is 5.29. The number of unbranched alkanes of at least 4 members (excludes halogenated alkanes) is 1. The van der Waals surface area contributed by atoms with Crippen LogP contribution < -0.4 is 10.2 Å². The molecule has 8 heteroatoms. The number of halogens is 3. The van der Waals surface area contributed by atoms with E-state index in [1.54, 1.807) is 0 Å². The van der Waals surface area contributed by atoms with Gasteiger partial charge < -0.3 is 14.8 Å². The molecule has 1 amide bonds. The van der Waals surface area contributed by atoms with Gasteiger partial charge in [-0.15, -0.1) is 12.4 Å². The van der Waals surface area contributed by atoms with Crippen molar-refractivity contribution >= 4 is 47.2 Å². The van der Waals surface area contributed by atoms with Crippen molar-refractivity contribution in [2.24, 2.45) is 0 Å². The van der Waals surface area contributed by atoms with Crippen LogP contribution in [0.25, 0.3) is 11.3 Å². The second-order valence-electron chi connectivity index (χ2n) is 9.41. The lowest BCUT2D eigenvalue weighted by molar-refractivity contribution is 0.0950. The number of rotatable bonds is 10. The van der Waals surface area contributed by atoms with Gasteiger partial charge in [-0.25, -0.2) is 0 Å². The predicted octanol–water partition coefficient (Wildman–Crippen LogP) is 6.93. The Hall–Kier alpha value is -2.18. The highest BCUT2D eigenvalue weighted by atomic mass is 35.5. The van der Waals surface area contributed by atoms with E-state index in [1.807, 2.05) is 36.4 Å². The SMILES string of the molecule is CCCCn1c(-c2ccccc2)cc(C(=O)NCCCN2CCN(c3cccc(Cl)c3Cl)CC2)c1C.Cl. The molecule has 0 bridgehead atoms. The molecule has 1 N–H and O–H groups in total. The number of nitrogens with one attached hydrogen (secondary N) is 1.